The quantitative estimate of drug-likeness (QED) is 0.225. The van der Waals surface area contributed by atoms with Crippen LogP contribution in [0, 0.1) is 5.82 Å². The zero-order valence-corrected chi connectivity index (χ0v) is 22.5. The van der Waals surface area contributed by atoms with E-state index >= 15 is 0 Å². The topological polar surface area (TPSA) is 88.7 Å². The van der Waals surface area contributed by atoms with Gasteiger partial charge < -0.3 is 19.3 Å². The summed E-state index contributed by atoms with van der Waals surface area (Å²) < 4.78 is 68.4. The highest BCUT2D eigenvalue weighted by Crippen LogP contribution is 2.47. The number of carbonyl (C=O) groups is 1. The molecule has 0 unspecified atom stereocenters. The van der Waals surface area contributed by atoms with E-state index in [4.69, 9.17) is 9.26 Å². The highest BCUT2D eigenvalue weighted by molar-refractivity contribution is 7.22. The van der Waals surface area contributed by atoms with Gasteiger partial charge in [0, 0.05) is 29.1 Å². The van der Waals surface area contributed by atoms with Crippen molar-refractivity contribution in [1.29, 1.82) is 0 Å². The van der Waals surface area contributed by atoms with Crippen molar-refractivity contribution in [2.45, 2.75) is 75.4 Å². The van der Waals surface area contributed by atoms with Crippen molar-refractivity contribution < 1.29 is 36.7 Å². The Morgan fingerprint density at radius 1 is 1.12 bits per heavy atom. The number of ether oxygens (including phenoxy) is 1. The molecular weight excluding hydrogens is 562 g/mol. The van der Waals surface area contributed by atoms with E-state index in [2.05, 4.69) is 15.0 Å². The smallest absolute Gasteiger partial charge is 0.417 e. The molecule has 7 rings (SSSR count). The van der Waals surface area contributed by atoms with Gasteiger partial charge in [0.25, 0.3) is 0 Å². The maximum atomic E-state index is 14.6. The predicted molar refractivity (Wildman–Crippen MR) is 143 cm³/mol. The van der Waals surface area contributed by atoms with E-state index < -0.39 is 23.5 Å². The molecule has 2 aromatic heterocycles. The average molecular weight is 588 g/mol. The highest BCUT2D eigenvalue weighted by Gasteiger charge is 2.43. The molecule has 3 fully saturated rings. The Bertz CT molecular complexity index is 1630. The molecule has 2 bridgehead atoms. The molecule has 7 nitrogen and oxygen atoms in total. The first-order valence-electron chi connectivity index (χ1n) is 13.6. The minimum atomic E-state index is -4.53. The summed E-state index contributed by atoms with van der Waals surface area (Å²) in [5, 5.41) is 14.0. The fraction of sp³-hybridized carbons (Fsp3) is 0.414. The molecule has 4 aromatic rings. The second-order valence-corrected chi connectivity index (χ2v) is 12.0. The minimum Gasteiger partial charge on any atom is -0.478 e. The number of benzene rings is 2. The average Bonchev–Trinajstić information content (AvgIpc) is 3.44. The lowest BCUT2D eigenvalue weighted by molar-refractivity contribution is -0.137. The maximum Gasteiger partial charge on any atom is 0.417 e. The number of piperidine rings is 1. The van der Waals surface area contributed by atoms with Crippen molar-refractivity contribution >= 4 is 32.7 Å². The molecule has 214 valence electrons. The summed E-state index contributed by atoms with van der Waals surface area (Å²) >= 11 is 1.28. The lowest BCUT2D eigenvalue weighted by Gasteiger charge is -2.38. The molecule has 3 atom stereocenters. The van der Waals surface area contributed by atoms with Crippen LogP contribution in [0.3, 0.4) is 0 Å². The molecule has 2 aromatic carbocycles. The zero-order valence-electron chi connectivity index (χ0n) is 21.7. The van der Waals surface area contributed by atoms with Crippen LogP contribution in [0.25, 0.3) is 21.5 Å². The molecule has 1 aliphatic carbocycles. The zero-order chi connectivity index (χ0) is 28.5. The Balaban J connectivity index is 1.11. The van der Waals surface area contributed by atoms with Crippen molar-refractivity contribution in [3.8, 4) is 11.3 Å². The third kappa shape index (κ3) is 4.76. The Hall–Kier alpha value is -3.51. The van der Waals surface area contributed by atoms with E-state index in [9.17, 15) is 27.5 Å². The van der Waals surface area contributed by atoms with E-state index in [1.165, 1.54) is 29.5 Å². The molecule has 4 heterocycles. The molecule has 2 aliphatic heterocycles. The Labute approximate surface area is 235 Å². The van der Waals surface area contributed by atoms with Crippen LogP contribution in [0.4, 0.5) is 22.7 Å². The summed E-state index contributed by atoms with van der Waals surface area (Å²) in [6.07, 6.45) is 0.354. The first kappa shape index (κ1) is 26.4. The number of carboxylic acid groups (broad SMARTS) is 1. The van der Waals surface area contributed by atoms with Crippen LogP contribution in [-0.4, -0.2) is 39.4 Å². The van der Waals surface area contributed by atoms with Crippen molar-refractivity contribution in [2.24, 2.45) is 0 Å². The lowest BCUT2D eigenvalue weighted by atomic mass is 9.98. The van der Waals surface area contributed by atoms with E-state index in [-0.39, 0.29) is 53.0 Å². The van der Waals surface area contributed by atoms with Gasteiger partial charge in [-0.3, -0.25) is 0 Å². The molecule has 2 saturated heterocycles. The van der Waals surface area contributed by atoms with E-state index in [1.54, 1.807) is 6.07 Å². The Kier molecular flexibility index (Phi) is 6.31. The van der Waals surface area contributed by atoms with Gasteiger partial charge in [-0.1, -0.05) is 34.7 Å². The van der Waals surface area contributed by atoms with Gasteiger partial charge in [0.05, 0.1) is 28.5 Å². The molecule has 3 aliphatic rings. The first-order valence-corrected chi connectivity index (χ1v) is 14.4. The van der Waals surface area contributed by atoms with E-state index in [0.29, 0.717) is 34.0 Å². The van der Waals surface area contributed by atoms with Crippen LogP contribution in [0.5, 0.6) is 0 Å². The molecule has 0 radical (unpaired) electrons. The van der Waals surface area contributed by atoms with Crippen LogP contribution in [0.2, 0.25) is 0 Å². The molecule has 0 spiro atoms. The van der Waals surface area contributed by atoms with Crippen LogP contribution in [0.1, 0.15) is 71.7 Å². The largest absolute Gasteiger partial charge is 0.478 e. The standard InChI is InChI=1S/C29H25F4N3O4S/c30-22-9-15(27(37)38)10-23-25(22)34-28(41-23)36-16-7-8-17(36)12-18(11-16)39-13-20-24(35-40-26(20)14-5-6-14)19-3-1-2-4-21(19)29(31,32)33/h1-4,9-10,14,16-18H,5-8,11-13H2,(H,37,38)/t16-,17+,18+. The number of carboxylic acids is 1. The number of hydrogen-bond donors (Lipinski definition) is 1. The van der Waals surface area contributed by atoms with Crippen molar-refractivity contribution in [2.75, 3.05) is 4.90 Å². The third-order valence-electron chi connectivity index (χ3n) is 8.31. The number of anilines is 1. The number of alkyl halides is 3. The Morgan fingerprint density at radius 2 is 1.85 bits per heavy atom. The maximum absolute atomic E-state index is 14.6. The van der Waals surface area contributed by atoms with Gasteiger partial charge >= 0.3 is 12.1 Å². The van der Waals surface area contributed by atoms with Crippen LogP contribution < -0.4 is 4.90 Å². The molecule has 12 heteroatoms. The number of rotatable bonds is 7. The van der Waals surface area contributed by atoms with Gasteiger partial charge in [0.2, 0.25) is 0 Å². The number of hydrogen-bond acceptors (Lipinski definition) is 7. The van der Waals surface area contributed by atoms with Gasteiger partial charge in [0.1, 0.15) is 17.0 Å². The summed E-state index contributed by atoms with van der Waals surface area (Å²) in [5.74, 6) is -1.10. The Morgan fingerprint density at radius 3 is 2.54 bits per heavy atom. The molecule has 41 heavy (non-hydrogen) atoms. The molecule has 1 saturated carbocycles. The fourth-order valence-corrected chi connectivity index (χ4v) is 7.43. The van der Waals surface area contributed by atoms with E-state index in [0.717, 1.165) is 37.8 Å². The number of nitrogens with zero attached hydrogens (tertiary/aromatic N) is 3. The summed E-state index contributed by atoms with van der Waals surface area (Å²) in [7, 11) is 0. The fourth-order valence-electron chi connectivity index (χ4n) is 6.26. The number of fused-ring (bicyclic) bond motifs is 3. The summed E-state index contributed by atoms with van der Waals surface area (Å²) in [6, 6.07) is 8.04. The normalized spacial score (nSPS) is 22.5. The number of aromatic carboxylic acids is 1. The summed E-state index contributed by atoms with van der Waals surface area (Å²) in [5.41, 5.74) is 0.0351. The lowest BCUT2D eigenvalue weighted by Crippen LogP contribution is -2.45. The van der Waals surface area contributed by atoms with Crippen LogP contribution in [0.15, 0.2) is 40.9 Å². The third-order valence-corrected chi connectivity index (χ3v) is 9.33. The van der Waals surface area contributed by atoms with Gasteiger partial charge in [-0.15, -0.1) is 0 Å². The van der Waals surface area contributed by atoms with Gasteiger partial charge in [-0.05, 0) is 56.7 Å². The van der Waals surface area contributed by atoms with Crippen LogP contribution >= 0.6 is 11.3 Å². The number of halogens is 4. The monoisotopic (exact) mass is 587 g/mol. The molecular formula is C29H25F4N3O4S. The summed E-state index contributed by atoms with van der Waals surface area (Å²) in [4.78, 5) is 18.1. The second kappa shape index (κ2) is 9.80. The second-order valence-electron chi connectivity index (χ2n) is 11.0. The molecule has 0 amide bonds. The summed E-state index contributed by atoms with van der Waals surface area (Å²) in [6.45, 7) is 0.102. The van der Waals surface area contributed by atoms with Crippen molar-refractivity contribution in [3.63, 3.8) is 0 Å². The molecule has 1 N–H and O–H groups in total. The van der Waals surface area contributed by atoms with Gasteiger partial charge in [-0.25, -0.2) is 14.2 Å². The predicted octanol–water partition coefficient (Wildman–Crippen LogP) is 7.40. The van der Waals surface area contributed by atoms with E-state index in [1.807, 2.05) is 0 Å². The highest BCUT2D eigenvalue weighted by atomic mass is 32.1. The first-order chi connectivity index (χ1) is 19.7. The van der Waals surface area contributed by atoms with Crippen molar-refractivity contribution in [3.05, 3.63) is 64.7 Å². The number of aromatic nitrogens is 2. The van der Waals surface area contributed by atoms with Crippen LogP contribution in [-0.2, 0) is 17.5 Å². The SMILES string of the molecule is O=C(O)c1cc(F)c2nc(N3[C@@H]4CC[C@H]3C[C@@H](OCc3c(-c5ccccc5C(F)(F)F)noc3C3CC3)C4)sc2c1. The van der Waals surface area contributed by atoms with Gasteiger partial charge in [0.15, 0.2) is 10.9 Å². The van der Waals surface area contributed by atoms with Gasteiger partial charge in [-0.2, -0.15) is 13.2 Å². The van der Waals surface area contributed by atoms with Crippen molar-refractivity contribution in [1.82, 2.24) is 10.1 Å². The number of thiazole rings is 1. The minimum absolute atomic E-state index is 0.0155.